The minimum absolute atomic E-state index is 0.683. The second-order valence-corrected chi connectivity index (χ2v) is 7.14. The highest BCUT2D eigenvalue weighted by atomic mass is 32.2. The summed E-state index contributed by atoms with van der Waals surface area (Å²) in [5, 5.41) is 17.0. The van der Waals surface area contributed by atoms with Crippen molar-refractivity contribution in [3.8, 4) is 17.2 Å². The zero-order chi connectivity index (χ0) is 18.2. The number of hydrogen-bond acceptors (Lipinski definition) is 4. The summed E-state index contributed by atoms with van der Waals surface area (Å²) in [6.45, 7) is 2.20. The molecule has 3 rings (SSSR count). The number of aromatic nitrogens is 3. The molecule has 5 heteroatoms. The molecule has 132 valence electrons. The molecule has 2 aromatic carbocycles. The third-order valence-corrected chi connectivity index (χ3v) is 5.12. The molecule has 0 fully saturated rings. The second-order valence-electron chi connectivity index (χ2n) is 6.20. The maximum atomic E-state index is 8.88. The zero-order valence-corrected chi connectivity index (χ0v) is 15.7. The molecule has 4 nitrogen and oxygen atoms in total. The number of rotatable bonds is 8. The fraction of sp³-hybridized carbons (Fsp3) is 0.286. The Hall–Kier alpha value is -2.58. The normalized spacial score (nSPS) is 10.6. The van der Waals surface area contributed by atoms with Gasteiger partial charge in [-0.05, 0) is 35.2 Å². The average molecular weight is 363 g/mol. The Labute approximate surface area is 158 Å². The van der Waals surface area contributed by atoms with Gasteiger partial charge in [0.25, 0.3) is 0 Å². The summed E-state index contributed by atoms with van der Waals surface area (Å²) >= 11 is 1.65. The van der Waals surface area contributed by atoms with Crippen molar-refractivity contribution >= 4 is 11.8 Å². The average Bonchev–Trinajstić information content (AvgIpc) is 3.15. The fourth-order valence-corrected chi connectivity index (χ4v) is 3.45. The molecule has 0 amide bonds. The van der Waals surface area contributed by atoms with Gasteiger partial charge in [0.1, 0.15) is 5.82 Å². The Kier molecular flexibility index (Phi) is 6.45. The molecule has 1 aromatic heterocycles. The summed E-state index contributed by atoms with van der Waals surface area (Å²) in [6, 6.07) is 18.3. The van der Waals surface area contributed by atoms with Gasteiger partial charge in [-0.25, -0.2) is 4.98 Å². The summed E-state index contributed by atoms with van der Waals surface area (Å²) in [6.07, 6.45) is 4.58. The van der Waals surface area contributed by atoms with Crippen molar-refractivity contribution < 1.29 is 0 Å². The Morgan fingerprint density at radius 1 is 1.00 bits per heavy atom. The molecule has 1 N–H and O–H groups in total. The van der Waals surface area contributed by atoms with Crippen LogP contribution in [-0.2, 0) is 12.2 Å². The van der Waals surface area contributed by atoms with Crippen LogP contribution in [0.15, 0.2) is 53.7 Å². The number of nitriles is 1. The van der Waals surface area contributed by atoms with Gasteiger partial charge >= 0.3 is 0 Å². The molecule has 0 spiro atoms. The zero-order valence-electron chi connectivity index (χ0n) is 14.9. The Morgan fingerprint density at radius 2 is 1.69 bits per heavy atom. The van der Waals surface area contributed by atoms with Gasteiger partial charge in [0, 0.05) is 12.2 Å². The molecule has 0 unspecified atom stereocenters. The van der Waals surface area contributed by atoms with E-state index in [1.807, 2.05) is 24.3 Å². The van der Waals surface area contributed by atoms with Crippen LogP contribution >= 0.6 is 11.8 Å². The molecule has 0 atom stereocenters. The van der Waals surface area contributed by atoms with Crippen LogP contribution in [0.5, 0.6) is 0 Å². The van der Waals surface area contributed by atoms with Crippen molar-refractivity contribution in [1.82, 2.24) is 15.2 Å². The maximum Gasteiger partial charge on any atom is 0.208 e. The van der Waals surface area contributed by atoms with E-state index in [9.17, 15) is 0 Å². The number of H-pyrrole nitrogens is 1. The van der Waals surface area contributed by atoms with E-state index >= 15 is 0 Å². The van der Waals surface area contributed by atoms with Crippen LogP contribution in [0, 0.1) is 11.3 Å². The second kappa shape index (κ2) is 9.21. The number of unbranched alkanes of at least 4 members (excludes halogenated alkanes) is 2. The summed E-state index contributed by atoms with van der Waals surface area (Å²) in [5.41, 5.74) is 4.19. The number of nitrogens with zero attached hydrogens (tertiary/aromatic N) is 3. The first kappa shape index (κ1) is 18.2. The number of aryl methyl sites for hydroxylation is 1. The smallest absolute Gasteiger partial charge is 0.208 e. The van der Waals surface area contributed by atoms with E-state index in [4.69, 9.17) is 5.26 Å². The molecule has 0 saturated heterocycles. The molecular weight excluding hydrogens is 340 g/mol. The first-order chi connectivity index (χ1) is 12.8. The van der Waals surface area contributed by atoms with Crippen LogP contribution in [0.4, 0.5) is 0 Å². The van der Waals surface area contributed by atoms with Gasteiger partial charge in [-0.15, -0.1) is 5.10 Å². The first-order valence-electron chi connectivity index (χ1n) is 8.92. The predicted molar refractivity (Wildman–Crippen MR) is 106 cm³/mol. The van der Waals surface area contributed by atoms with Gasteiger partial charge in [0.05, 0.1) is 11.6 Å². The topological polar surface area (TPSA) is 65.4 Å². The van der Waals surface area contributed by atoms with Crippen molar-refractivity contribution in [3.63, 3.8) is 0 Å². The van der Waals surface area contributed by atoms with Crippen LogP contribution in [0.25, 0.3) is 11.1 Å². The molecule has 3 aromatic rings. The predicted octanol–water partition coefficient (Wildman–Crippen LogP) is 5.37. The number of aromatic amines is 1. The van der Waals surface area contributed by atoms with Gasteiger partial charge in [-0.1, -0.05) is 67.9 Å². The number of nitrogens with one attached hydrogen (secondary N) is 1. The fourth-order valence-electron chi connectivity index (χ4n) is 2.68. The highest BCUT2D eigenvalue weighted by molar-refractivity contribution is 7.98. The van der Waals surface area contributed by atoms with Gasteiger partial charge in [0.2, 0.25) is 5.16 Å². The summed E-state index contributed by atoms with van der Waals surface area (Å²) in [7, 11) is 0. The monoisotopic (exact) mass is 362 g/mol. The number of thioether (sulfide) groups is 1. The molecule has 0 radical (unpaired) electrons. The van der Waals surface area contributed by atoms with Gasteiger partial charge in [-0.2, -0.15) is 5.26 Å². The summed E-state index contributed by atoms with van der Waals surface area (Å²) < 4.78 is 0. The standard InChI is InChI=1S/C21H22N4S/c1-2-3-4-5-20-23-21(25-24-20)26-15-17-8-12-19(13-9-17)18-10-6-16(14-22)7-11-18/h6-13H,2-5,15H2,1H3,(H,23,24,25). The van der Waals surface area contributed by atoms with E-state index in [0.29, 0.717) is 5.56 Å². The van der Waals surface area contributed by atoms with Crippen molar-refractivity contribution in [2.24, 2.45) is 0 Å². The molecule has 0 aliphatic heterocycles. The van der Waals surface area contributed by atoms with Gasteiger partial charge in [0.15, 0.2) is 0 Å². The minimum atomic E-state index is 0.683. The number of hydrogen-bond donors (Lipinski definition) is 1. The van der Waals surface area contributed by atoms with E-state index in [1.54, 1.807) is 11.8 Å². The van der Waals surface area contributed by atoms with E-state index in [1.165, 1.54) is 18.4 Å². The molecule has 0 bridgehead atoms. The van der Waals surface area contributed by atoms with Crippen molar-refractivity contribution in [1.29, 1.82) is 5.26 Å². The molecule has 0 aliphatic carbocycles. The molecule has 0 saturated carbocycles. The SMILES string of the molecule is CCCCCc1nc(SCc2ccc(-c3ccc(C#N)cc3)cc2)n[nH]1. The van der Waals surface area contributed by atoms with Crippen molar-refractivity contribution in [3.05, 3.63) is 65.5 Å². The lowest BCUT2D eigenvalue weighted by atomic mass is 10.0. The maximum absolute atomic E-state index is 8.88. The van der Waals surface area contributed by atoms with Crippen LogP contribution in [0.1, 0.15) is 43.1 Å². The van der Waals surface area contributed by atoms with Crippen molar-refractivity contribution in [2.45, 2.75) is 43.5 Å². The lowest BCUT2D eigenvalue weighted by molar-refractivity contribution is 0.695. The minimum Gasteiger partial charge on any atom is -0.262 e. The van der Waals surface area contributed by atoms with E-state index in [2.05, 4.69) is 52.4 Å². The lowest BCUT2D eigenvalue weighted by Crippen LogP contribution is -1.88. The van der Waals surface area contributed by atoms with Crippen LogP contribution < -0.4 is 0 Å². The summed E-state index contributed by atoms with van der Waals surface area (Å²) in [5.74, 6) is 1.83. The third kappa shape index (κ3) is 4.96. The largest absolute Gasteiger partial charge is 0.262 e. The van der Waals surface area contributed by atoms with E-state index in [0.717, 1.165) is 40.7 Å². The quantitative estimate of drug-likeness (QED) is 0.432. The number of benzene rings is 2. The Morgan fingerprint density at radius 3 is 2.35 bits per heavy atom. The van der Waals surface area contributed by atoms with Crippen LogP contribution in [-0.4, -0.2) is 15.2 Å². The molecule has 1 heterocycles. The van der Waals surface area contributed by atoms with Crippen LogP contribution in [0.3, 0.4) is 0 Å². The third-order valence-electron chi connectivity index (χ3n) is 4.20. The highest BCUT2D eigenvalue weighted by Gasteiger charge is 2.05. The lowest BCUT2D eigenvalue weighted by Gasteiger charge is -2.04. The highest BCUT2D eigenvalue weighted by Crippen LogP contribution is 2.24. The molecule has 0 aliphatic rings. The molecule has 26 heavy (non-hydrogen) atoms. The van der Waals surface area contributed by atoms with Crippen molar-refractivity contribution in [2.75, 3.05) is 0 Å². The Balaban J connectivity index is 1.55. The Bertz CT molecular complexity index is 860. The van der Waals surface area contributed by atoms with Crippen LogP contribution in [0.2, 0.25) is 0 Å². The van der Waals surface area contributed by atoms with E-state index in [-0.39, 0.29) is 0 Å². The first-order valence-corrected chi connectivity index (χ1v) is 9.90. The summed E-state index contributed by atoms with van der Waals surface area (Å²) in [4.78, 5) is 4.55. The molecular formula is C21H22N4S. The van der Waals surface area contributed by atoms with E-state index < -0.39 is 0 Å². The van der Waals surface area contributed by atoms with Gasteiger partial charge in [-0.3, -0.25) is 5.10 Å². The van der Waals surface area contributed by atoms with Gasteiger partial charge < -0.3 is 0 Å².